The lowest BCUT2D eigenvalue weighted by Crippen LogP contribution is -2.31. The Kier molecular flexibility index (Phi) is 4.90. The molecule has 1 saturated heterocycles. The molecule has 0 saturated carbocycles. The molecule has 6 heteroatoms. The summed E-state index contributed by atoms with van der Waals surface area (Å²) in [4.78, 5) is 14.5. The second kappa shape index (κ2) is 6.93. The van der Waals surface area contributed by atoms with Crippen molar-refractivity contribution in [2.45, 2.75) is 45.1 Å². The Labute approximate surface area is 145 Å². The van der Waals surface area contributed by atoms with E-state index in [2.05, 4.69) is 19.0 Å². The molecule has 1 aliphatic rings. The zero-order valence-corrected chi connectivity index (χ0v) is 14.5. The normalized spacial score (nSPS) is 17.7. The summed E-state index contributed by atoms with van der Waals surface area (Å²) in [5.41, 5.74) is 1.53. The molecular weight excluding hydrogens is 331 g/mol. The van der Waals surface area contributed by atoms with Gasteiger partial charge >= 0.3 is 0 Å². The molecule has 3 rings (SSSR count). The topological polar surface area (TPSA) is 46.3 Å². The highest BCUT2D eigenvalue weighted by atomic mass is 35.5. The summed E-state index contributed by atoms with van der Waals surface area (Å²) in [6, 6.07) is 5.97. The second-order valence-electron chi connectivity index (χ2n) is 6.47. The van der Waals surface area contributed by atoms with Gasteiger partial charge in [-0.3, -0.25) is 4.79 Å². The average Bonchev–Trinajstić information content (AvgIpc) is 3.17. The van der Waals surface area contributed by atoms with Crippen LogP contribution < -0.4 is 0 Å². The van der Waals surface area contributed by atoms with E-state index in [1.165, 1.54) is 12.1 Å². The average molecular weight is 351 g/mol. The fraction of sp³-hybridized carbons (Fsp3) is 0.444. The van der Waals surface area contributed by atoms with Gasteiger partial charge in [-0.15, -0.1) is 0 Å². The SMILES string of the molecule is CC(C)c1cc([C@H]2CCCN2C(=O)Cc2ccc(F)cc2Cl)on1. The van der Waals surface area contributed by atoms with Gasteiger partial charge in [0.15, 0.2) is 5.76 Å². The number of aromatic nitrogens is 1. The molecule has 1 aliphatic heterocycles. The van der Waals surface area contributed by atoms with Crippen LogP contribution in [0.5, 0.6) is 0 Å². The number of amides is 1. The third kappa shape index (κ3) is 3.46. The van der Waals surface area contributed by atoms with E-state index >= 15 is 0 Å². The van der Waals surface area contributed by atoms with Crippen molar-refractivity contribution in [3.8, 4) is 0 Å². The van der Waals surface area contributed by atoms with Crippen LogP contribution >= 0.6 is 11.6 Å². The van der Waals surface area contributed by atoms with Crippen molar-refractivity contribution in [1.82, 2.24) is 10.1 Å². The molecule has 4 nitrogen and oxygen atoms in total. The zero-order valence-electron chi connectivity index (χ0n) is 13.8. The van der Waals surface area contributed by atoms with Crippen molar-refractivity contribution in [3.05, 3.63) is 52.1 Å². The first-order valence-corrected chi connectivity index (χ1v) is 8.53. The quantitative estimate of drug-likeness (QED) is 0.815. The van der Waals surface area contributed by atoms with Crippen molar-refractivity contribution >= 4 is 17.5 Å². The van der Waals surface area contributed by atoms with Gasteiger partial charge in [-0.2, -0.15) is 0 Å². The Hall–Kier alpha value is -1.88. The van der Waals surface area contributed by atoms with Gasteiger partial charge in [0.1, 0.15) is 5.82 Å². The van der Waals surface area contributed by atoms with Gasteiger partial charge in [0.2, 0.25) is 5.91 Å². The largest absolute Gasteiger partial charge is 0.359 e. The summed E-state index contributed by atoms with van der Waals surface area (Å²) in [6.45, 7) is 4.78. The highest BCUT2D eigenvalue weighted by molar-refractivity contribution is 6.31. The van der Waals surface area contributed by atoms with Gasteiger partial charge in [0.05, 0.1) is 18.2 Å². The fourth-order valence-corrected chi connectivity index (χ4v) is 3.26. The minimum atomic E-state index is -0.405. The Balaban J connectivity index is 1.75. The predicted octanol–water partition coefficient (Wildman–Crippen LogP) is 4.50. The van der Waals surface area contributed by atoms with Gasteiger partial charge in [0, 0.05) is 17.6 Å². The molecule has 0 radical (unpaired) electrons. The number of hydrogen-bond donors (Lipinski definition) is 0. The third-order valence-corrected chi connectivity index (χ3v) is 4.75. The molecule has 24 heavy (non-hydrogen) atoms. The molecule has 1 atom stereocenters. The molecule has 1 fully saturated rings. The molecule has 1 aromatic heterocycles. The van der Waals surface area contributed by atoms with E-state index in [0.29, 0.717) is 12.1 Å². The molecule has 0 aliphatic carbocycles. The highest BCUT2D eigenvalue weighted by Crippen LogP contribution is 2.34. The van der Waals surface area contributed by atoms with Crippen molar-refractivity contribution in [1.29, 1.82) is 0 Å². The smallest absolute Gasteiger partial charge is 0.227 e. The number of nitrogens with zero attached hydrogens (tertiary/aromatic N) is 2. The lowest BCUT2D eigenvalue weighted by atomic mass is 10.1. The molecule has 0 N–H and O–H groups in total. The Morgan fingerprint density at radius 1 is 1.46 bits per heavy atom. The maximum atomic E-state index is 13.1. The van der Waals surface area contributed by atoms with Gasteiger partial charge in [-0.25, -0.2) is 4.39 Å². The monoisotopic (exact) mass is 350 g/mol. The molecule has 128 valence electrons. The Bertz CT molecular complexity index is 744. The number of likely N-dealkylation sites (tertiary alicyclic amines) is 1. The standard InChI is InChI=1S/C18H20ClFN2O2/c1-11(2)15-10-17(24-21-15)16-4-3-7-22(16)18(23)8-12-5-6-13(20)9-14(12)19/h5-6,9-11,16H,3-4,7-8H2,1-2H3/t16-/m1/s1. The summed E-state index contributed by atoms with van der Waals surface area (Å²) in [6.07, 6.45) is 1.93. The Morgan fingerprint density at radius 2 is 2.25 bits per heavy atom. The maximum Gasteiger partial charge on any atom is 0.227 e. The third-order valence-electron chi connectivity index (χ3n) is 4.40. The van der Waals surface area contributed by atoms with Crippen LogP contribution in [-0.4, -0.2) is 22.5 Å². The van der Waals surface area contributed by atoms with Crippen LogP contribution in [0.1, 0.15) is 55.7 Å². The summed E-state index contributed by atoms with van der Waals surface area (Å²) in [7, 11) is 0. The minimum absolute atomic E-state index is 0.0338. The second-order valence-corrected chi connectivity index (χ2v) is 6.87. The number of carbonyl (C=O) groups excluding carboxylic acids is 1. The van der Waals surface area contributed by atoms with Gasteiger partial charge < -0.3 is 9.42 Å². The van der Waals surface area contributed by atoms with Crippen LogP contribution in [0.25, 0.3) is 0 Å². The molecule has 0 spiro atoms. The molecule has 2 aromatic rings. The van der Waals surface area contributed by atoms with Gasteiger partial charge in [0.25, 0.3) is 0 Å². The van der Waals surface area contributed by atoms with E-state index in [4.69, 9.17) is 16.1 Å². The summed E-state index contributed by atoms with van der Waals surface area (Å²) in [5.74, 6) is 0.576. The van der Waals surface area contributed by atoms with Crippen LogP contribution in [0.2, 0.25) is 5.02 Å². The van der Waals surface area contributed by atoms with Crippen LogP contribution in [0.3, 0.4) is 0 Å². The van der Waals surface area contributed by atoms with E-state index in [0.717, 1.165) is 24.3 Å². The van der Waals surface area contributed by atoms with E-state index in [1.807, 2.05) is 11.0 Å². The van der Waals surface area contributed by atoms with Crippen LogP contribution in [-0.2, 0) is 11.2 Å². The lowest BCUT2D eigenvalue weighted by molar-refractivity contribution is -0.131. The van der Waals surface area contributed by atoms with E-state index in [-0.39, 0.29) is 29.3 Å². The summed E-state index contributed by atoms with van der Waals surface area (Å²) in [5, 5.41) is 4.36. The molecule has 0 unspecified atom stereocenters. The first-order chi connectivity index (χ1) is 11.5. The number of carbonyl (C=O) groups is 1. The van der Waals surface area contributed by atoms with Gasteiger partial charge in [-0.05, 0) is 36.5 Å². The van der Waals surface area contributed by atoms with Crippen molar-refractivity contribution < 1.29 is 13.7 Å². The molecule has 2 heterocycles. The van der Waals surface area contributed by atoms with Crippen LogP contribution in [0.15, 0.2) is 28.8 Å². The lowest BCUT2D eigenvalue weighted by Gasteiger charge is -2.23. The summed E-state index contributed by atoms with van der Waals surface area (Å²) >= 11 is 6.03. The molecule has 1 amide bonds. The van der Waals surface area contributed by atoms with Gasteiger partial charge in [-0.1, -0.05) is 36.7 Å². The zero-order chi connectivity index (χ0) is 17.3. The van der Waals surface area contributed by atoms with E-state index in [1.54, 1.807) is 6.07 Å². The van der Waals surface area contributed by atoms with E-state index in [9.17, 15) is 9.18 Å². The fourth-order valence-electron chi connectivity index (χ4n) is 3.02. The highest BCUT2D eigenvalue weighted by Gasteiger charge is 2.33. The first kappa shape index (κ1) is 17.0. The van der Waals surface area contributed by atoms with Crippen molar-refractivity contribution in [3.63, 3.8) is 0 Å². The molecular formula is C18H20ClFN2O2. The first-order valence-electron chi connectivity index (χ1n) is 8.15. The van der Waals surface area contributed by atoms with Crippen molar-refractivity contribution in [2.75, 3.05) is 6.54 Å². The Morgan fingerprint density at radius 3 is 2.92 bits per heavy atom. The van der Waals surface area contributed by atoms with Crippen LogP contribution in [0, 0.1) is 5.82 Å². The predicted molar refractivity (Wildman–Crippen MR) is 89.4 cm³/mol. The van der Waals surface area contributed by atoms with Crippen molar-refractivity contribution in [2.24, 2.45) is 0 Å². The number of halogens is 2. The van der Waals surface area contributed by atoms with E-state index < -0.39 is 5.82 Å². The number of rotatable bonds is 4. The molecule has 1 aromatic carbocycles. The van der Waals surface area contributed by atoms with Crippen LogP contribution in [0.4, 0.5) is 4.39 Å². The summed E-state index contributed by atoms with van der Waals surface area (Å²) < 4.78 is 18.6. The number of hydrogen-bond acceptors (Lipinski definition) is 3. The maximum absolute atomic E-state index is 13.1. The number of benzene rings is 1. The minimum Gasteiger partial charge on any atom is -0.359 e. The molecule has 0 bridgehead atoms.